The van der Waals surface area contributed by atoms with Crippen LogP contribution in [-0.4, -0.2) is 31.5 Å². The lowest BCUT2D eigenvalue weighted by Gasteiger charge is -2.16. The lowest BCUT2D eigenvalue weighted by Crippen LogP contribution is -2.11. The number of aromatic hydroxyl groups is 1. The molecule has 0 amide bonds. The third-order valence-corrected chi connectivity index (χ3v) is 7.10. The fourth-order valence-electron chi connectivity index (χ4n) is 5.29. The molecule has 0 bridgehead atoms. The SMILES string of the molecule is O=C(O)c1ccc(-c2c(C(=O)c3ccco3)c(CCc3ccc(F)cc3)nc3c4n(c(O)c23)CCC4)cc1. The van der Waals surface area contributed by atoms with E-state index in [1.165, 1.54) is 30.5 Å². The van der Waals surface area contributed by atoms with Crippen molar-refractivity contribution in [2.75, 3.05) is 0 Å². The van der Waals surface area contributed by atoms with Crippen molar-refractivity contribution < 1.29 is 28.6 Å². The fourth-order valence-corrected chi connectivity index (χ4v) is 5.29. The Hall–Kier alpha value is -4.72. The van der Waals surface area contributed by atoms with Crippen molar-refractivity contribution in [3.05, 3.63) is 107 Å². The Labute approximate surface area is 216 Å². The van der Waals surface area contributed by atoms with Crippen LogP contribution in [0.15, 0.2) is 71.3 Å². The maximum Gasteiger partial charge on any atom is 0.335 e. The maximum atomic E-state index is 13.9. The highest BCUT2D eigenvalue weighted by molar-refractivity contribution is 6.17. The molecule has 3 aromatic heterocycles. The highest BCUT2D eigenvalue weighted by Gasteiger charge is 2.31. The molecule has 0 unspecified atom stereocenters. The van der Waals surface area contributed by atoms with E-state index in [1.54, 1.807) is 36.4 Å². The van der Waals surface area contributed by atoms with Crippen molar-refractivity contribution in [1.29, 1.82) is 0 Å². The van der Waals surface area contributed by atoms with Crippen LogP contribution in [0.5, 0.6) is 5.88 Å². The van der Waals surface area contributed by atoms with E-state index >= 15 is 0 Å². The molecule has 1 aliphatic heterocycles. The summed E-state index contributed by atoms with van der Waals surface area (Å²) >= 11 is 0. The monoisotopic (exact) mass is 510 g/mol. The molecule has 190 valence electrons. The third-order valence-electron chi connectivity index (χ3n) is 7.10. The van der Waals surface area contributed by atoms with Gasteiger partial charge in [0.05, 0.1) is 34.0 Å². The molecule has 0 fully saturated rings. The van der Waals surface area contributed by atoms with Crippen LogP contribution in [-0.2, 0) is 25.8 Å². The summed E-state index contributed by atoms with van der Waals surface area (Å²) in [4.78, 5) is 30.4. The third kappa shape index (κ3) is 3.94. The van der Waals surface area contributed by atoms with E-state index in [1.807, 2.05) is 4.57 Å². The highest BCUT2D eigenvalue weighted by Crippen LogP contribution is 2.44. The van der Waals surface area contributed by atoms with Gasteiger partial charge in [0, 0.05) is 17.8 Å². The van der Waals surface area contributed by atoms with Crippen molar-refractivity contribution in [3.63, 3.8) is 0 Å². The highest BCUT2D eigenvalue weighted by atomic mass is 19.1. The number of aromatic carboxylic acids is 1. The molecule has 6 rings (SSSR count). The zero-order chi connectivity index (χ0) is 26.4. The van der Waals surface area contributed by atoms with E-state index in [9.17, 15) is 24.2 Å². The molecule has 38 heavy (non-hydrogen) atoms. The number of rotatable bonds is 7. The molecule has 4 heterocycles. The van der Waals surface area contributed by atoms with Crippen LogP contribution in [0, 0.1) is 5.82 Å². The number of carbonyl (C=O) groups is 2. The number of carboxylic acids is 1. The normalized spacial score (nSPS) is 12.7. The smallest absolute Gasteiger partial charge is 0.335 e. The Morgan fingerprint density at radius 3 is 2.47 bits per heavy atom. The number of pyridine rings is 1. The minimum atomic E-state index is -1.06. The second kappa shape index (κ2) is 9.30. The summed E-state index contributed by atoms with van der Waals surface area (Å²) in [6.45, 7) is 0.640. The van der Waals surface area contributed by atoms with Gasteiger partial charge in [-0.15, -0.1) is 0 Å². The Bertz CT molecular complexity index is 1680. The van der Waals surface area contributed by atoms with Gasteiger partial charge in [-0.2, -0.15) is 0 Å². The average molecular weight is 511 g/mol. The standard InChI is InChI=1S/C30H23FN2O5/c31-20-12-5-17(6-13-20)7-14-21-25(28(34)23-4-2-16-38-23)24(18-8-10-19(11-9-18)30(36)37)26-27(32-21)22-3-1-15-33(22)29(26)35/h2,4-6,8-13,16,35H,1,3,7,14-15H2,(H,36,37). The molecule has 1 aliphatic rings. The Morgan fingerprint density at radius 1 is 1.03 bits per heavy atom. The molecule has 0 atom stereocenters. The first-order valence-corrected chi connectivity index (χ1v) is 12.4. The van der Waals surface area contributed by atoms with E-state index in [2.05, 4.69) is 0 Å². The van der Waals surface area contributed by atoms with Gasteiger partial charge >= 0.3 is 5.97 Å². The molecule has 0 saturated heterocycles. The summed E-state index contributed by atoms with van der Waals surface area (Å²) in [5.41, 5.74) is 4.42. The quantitative estimate of drug-likeness (QED) is 0.268. The Kier molecular flexibility index (Phi) is 5.79. The van der Waals surface area contributed by atoms with Crippen LogP contribution in [0.25, 0.3) is 22.0 Å². The number of hydrogen-bond donors (Lipinski definition) is 2. The molecule has 7 nitrogen and oxygen atoms in total. The Morgan fingerprint density at radius 2 is 1.79 bits per heavy atom. The zero-order valence-electron chi connectivity index (χ0n) is 20.3. The van der Waals surface area contributed by atoms with E-state index < -0.39 is 5.97 Å². The lowest BCUT2D eigenvalue weighted by molar-refractivity contribution is 0.0696. The van der Waals surface area contributed by atoms with Gasteiger partial charge in [-0.1, -0.05) is 24.3 Å². The Balaban J connectivity index is 1.62. The first kappa shape index (κ1) is 23.7. The van der Waals surface area contributed by atoms with Crippen LogP contribution < -0.4 is 0 Å². The van der Waals surface area contributed by atoms with Crippen molar-refractivity contribution in [1.82, 2.24) is 9.55 Å². The number of nitrogens with zero attached hydrogens (tertiary/aromatic N) is 2. The number of carbonyl (C=O) groups excluding carboxylic acids is 1. The van der Waals surface area contributed by atoms with E-state index in [0.717, 1.165) is 24.1 Å². The lowest BCUT2D eigenvalue weighted by atomic mass is 9.89. The molecule has 2 aromatic carbocycles. The minimum absolute atomic E-state index is 0.0379. The van der Waals surface area contributed by atoms with Crippen molar-refractivity contribution in [3.8, 4) is 17.0 Å². The number of ketones is 1. The van der Waals surface area contributed by atoms with E-state index in [4.69, 9.17) is 9.40 Å². The van der Waals surface area contributed by atoms with Gasteiger partial charge < -0.3 is 19.2 Å². The fraction of sp³-hybridized carbons (Fsp3) is 0.167. The molecule has 0 spiro atoms. The summed E-state index contributed by atoms with van der Waals surface area (Å²) < 4.78 is 20.8. The van der Waals surface area contributed by atoms with Gasteiger partial charge in [0.1, 0.15) is 5.82 Å². The molecule has 0 saturated carbocycles. The van der Waals surface area contributed by atoms with Crippen LogP contribution >= 0.6 is 0 Å². The number of fused-ring (bicyclic) bond motifs is 3. The summed E-state index contributed by atoms with van der Waals surface area (Å²) in [7, 11) is 0. The van der Waals surface area contributed by atoms with Crippen LogP contribution in [0.4, 0.5) is 4.39 Å². The number of benzene rings is 2. The predicted octanol–water partition coefficient (Wildman–Crippen LogP) is 5.80. The number of hydrogen-bond acceptors (Lipinski definition) is 5. The van der Waals surface area contributed by atoms with Gasteiger partial charge in [0.15, 0.2) is 5.76 Å². The van der Waals surface area contributed by atoms with Crippen molar-refractivity contribution >= 4 is 22.7 Å². The summed E-state index contributed by atoms with van der Waals surface area (Å²) in [5, 5.41) is 21.2. The van der Waals surface area contributed by atoms with E-state index in [0.29, 0.717) is 47.1 Å². The molecule has 0 radical (unpaired) electrons. The van der Waals surface area contributed by atoms with Gasteiger partial charge in [-0.25, -0.2) is 14.2 Å². The summed E-state index contributed by atoms with van der Waals surface area (Å²) in [6.07, 6.45) is 3.93. The first-order valence-electron chi connectivity index (χ1n) is 12.4. The molecule has 2 N–H and O–H groups in total. The number of furan rings is 1. The average Bonchev–Trinajstić information content (AvgIpc) is 3.68. The molecular formula is C30H23FN2O5. The molecule has 5 aromatic rings. The van der Waals surface area contributed by atoms with Gasteiger partial charge in [-0.3, -0.25) is 4.79 Å². The second-order valence-electron chi connectivity index (χ2n) is 9.37. The topological polar surface area (TPSA) is 106 Å². The maximum absolute atomic E-state index is 13.9. The predicted molar refractivity (Wildman–Crippen MR) is 138 cm³/mol. The number of aromatic nitrogens is 2. The molecule has 0 aliphatic carbocycles. The minimum Gasteiger partial charge on any atom is -0.494 e. The summed E-state index contributed by atoms with van der Waals surface area (Å²) in [6, 6.07) is 15.6. The van der Waals surface area contributed by atoms with Gasteiger partial charge in [0.2, 0.25) is 11.7 Å². The van der Waals surface area contributed by atoms with Crippen LogP contribution in [0.2, 0.25) is 0 Å². The number of aryl methyl sites for hydroxylation is 3. The summed E-state index contributed by atoms with van der Waals surface area (Å²) in [5.74, 6) is -1.61. The van der Waals surface area contributed by atoms with Crippen molar-refractivity contribution in [2.45, 2.75) is 32.2 Å². The van der Waals surface area contributed by atoms with Gasteiger partial charge in [0.25, 0.3) is 0 Å². The molecular weight excluding hydrogens is 487 g/mol. The van der Waals surface area contributed by atoms with Crippen molar-refractivity contribution in [2.24, 2.45) is 0 Å². The van der Waals surface area contributed by atoms with Crippen LogP contribution in [0.1, 0.15) is 49.8 Å². The second-order valence-corrected chi connectivity index (χ2v) is 9.37. The van der Waals surface area contributed by atoms with Crippen LogP contribution in [0.3, 0.4) is 0 Å². The number of carboxylic acid groups (broad SMARTS) is 1. The molecule has 8 heteroatoms. The largest absolute Gasteiger partial charge is 0.494 e. The zero-order valence-corrected chi connectivity index (χ0v) is 20.3. The first-order chi connectivity index (χ1) is 18.4. The van der Waals surface area contributed by atoms with Gasteiger partial charge in [-0.05, 0) is 73.2 Å². The van der Waals surface area contributed by atoms with E-state index in [-0.39, 0.29) is 34.4 Å². The number of halogens is 1.